The minimum absolute atomic E-state index is 0.152. The lowest BCUT2D eigenvalue weighted by Crippen LogP contribution is -2.42. The Kier molecular flexibility index (Phi) is 7.92. The quantitative estimate of drug-likeness (QED) is 0.685. The molecule has 2 aromatic rings. The molecular formula is C24H28N2O5. The highest BCUT2D eigenvalue weighted by Gasteiger charge is 2.24. The van der Waals surface area contributed by atoms with Crippen molar-refractivity contribution in [3.63, 3.8) is 0 Å². The molecule has 0 aliphatic carbocycles. The summed E-state index contributed by atoms with van der Waals surface area (Å²) < 4.78 is 15.9. The van der Waals surface area contributed by atoms with Crippen molar-refractivity contribution in [3.8, 4) is 17.2 Å². The lowest BCUT2D eigenvalue weighted by atomic mass is 9.97. The molecule has 31 heavy (non-hydrogen) atoms. The van der Waals surface area contributed by atoms with E-state index in [-0.39, 0.29) is 12.0 Å². The SMILES string of the molecule is COc1ccc(/C=C/C(=O)NCC2CCN(C(=O)Oc3ccccc3)CC2)cc1OC. The van der Waals surface area contributed by atoms with Gasteiger partial charge in [0, 0.05) is 25.7 Å². The zero-order valence-electron chi connectivity index (χ0n) is 17.9. The van der Waals surface area contributed by atoms with Gasteiger partial charge in [-0.2, -0.15) is 0 Å². The molecule has 7 nitrogen and oxygen atoms in total. The van der Waals surface area contributed by atoms with Crippen LogP contribution in [-0.2, 0) is 4.79 Å². The number of piperidine rings is 1. The third-order valence-electron chi connectivity index (χ3n) is 5.22. The number of carbonyl (C=O) groups is 2. The Morgan fingerprint density at radius 3 is 2.42 bits per heavy atom. The van der Waals surface area contributed by atoms with Gasteiger partial charge in [-0.1, -0.05) is 24.3 Å². The van der Waals surface area contributed by atoms with Gasteiger partial charge in [0.15, 0.2) is 11.5 Å². The van der Waals surface area contributed by atoms with Crippen LogP contribution >= 0.6 is 0 Å². The Hall–Kier alpha value is -3.48. The van der Waals surface area contributed by atoms with Gasteiger partial charge < -0.3 is 24.4 Å². The lowest BCUT2D eigenvalue weighted by Gasteiger charge is -2.31. The second kappa shape index (κ2) is 11.1. The van der Waals surface area contributed by atoms with Crippen LogP contribution in [0, 0.1) is 5.92 Å². The van der Waals surface area contributed by atoms with Crippen LogP contribution in [0.3, 0.4) is 0 Å². The van der Waals surface area contributed by atoms with Crippen molar-refractivity contribution in [2.45, 2.75) is 12.8 Å². The standard InChI is InChI=1S/C24H28N2O5/c1-29-21-10-8-18(16-22(21)30-2)9-11-23(27)25-17-19-12-14-26(15-13-19)24(28)31-20-6-4-3-5-7-20/h3-11,16,19H,12-15,17H2,1-2H3,(H,25,27)/b11-9+. The van der Waals surface area contributed by atoms with E-state index in [2.05, 4.69) is 5.32 Å². The fourth-order valence-corrected chi connectivity index (χ4v) is 3.41. The molecule has 2 aromatic carbocycles. The Morgan fingerprint density at radius 2 is 1.74 bits per heavy atom. The van der Waals surface area contributed by atoms with E-state index in [0.29, 0.717) is 42.8 Å². The minimum atomic E-state index is -0.327. The molecule has 1 fully saturated rings. The van der Waals surface area contributed by atoms with E-state index in [1.807, 2.05) is 30.3 Å². The topological polar surface area (TPSA) is 77.1 Å². The predicted octanol–water partition coefficient (Wildman–Crippen LogP) is 3.74. The molecule has 1 heterocycles. The Labute approximate surface area is 182 Å². The number of nitrogens with zero attached hydrogens (tertiary/aromatic N) is 1. The van der Waals surface area contributed by atoms with E-state index in [1.54, 1.807) is 43.4 Å². The monoisotopic (exact) mass is 424 g/mol. The molecule has 1 aliphatic rings. The van der Waals surface area contributed by atoms with Crippen molar-refractivity contribution in [2.24, 2.45) is 5.92 Å². The van der Waals surface area contributed by atoms with Crippen LogP contribution in [0.25, 0.3) is 6.08 Å². The number of nitrogens with one attached hydrogen (secondary N) is 1. The molecule has 1 saturated heterocycles. The van der Waals surface area contributed by atoms with Crippen molar-refractivity contribution >= 4 is 18.1 Å². The number of para-hydroxylation sites is 1. The molecule has 3 rings (SSSR count). The Morgan fingerprint density at radius 1 is 1.03 bits per heavy atom. The first kappa shape index (κ1) is 22.2. The summed E-state index contributed by atoms with van der Waals surface area (Å²) in [6.45, 7) is 1.82. The largest absolute Gasteiger partial charge is 0.493 e. The molecule has 0 spiro atoms. The van der Waals surface area contributed by atoms with Gasteiger partial charge in [-0.05, 0) is 54.7 Å². The number of likely N-dealkylation sites (tertiary alicyclic amines) is 1. The normalized spacial score (nSPS) is 14.3. The average molecular weight is 424 g/mol. The summed E-state index contributed by atoms with van der Waals surface area (Å²) in [5.41, 5.74) is 0.845. The number of amides is 2. The third-order valence-corrected chi connectivity index (χ3v) is 5.22. The molecule has 1 aliphatic heterocycles. The van der Waals surface area contributed by atoms with Crippen LogP contribution in [0.2, 0.25) is 0 Å². The van der Waals surface area contributed by atoms with Crippen LogP contribution in [0.1, 0.15) is 18.4 Å². The lowest BCUT2D eigenvalue weighted by molar-refractivity contribution is -0.116. The smallest absolute Gasteiger partial charge is 0.415 e. The Bertz CT molecular complexity index is 905. The van der Waals surface area contributed by atoms with E-state index >= 15 is 0 Å². The van der Waals surface area contributed by atoms with Crippen LogP contribution in [0.5, 0.6) is 17.2 Å². The van der Waals surface area contributed by atoms with Gasteiger partial charge in [0.1, 0.15) is 5.75 Å². The maximum atomic E-state index is 12.3. The maximum absolute atomic E-state index is 12.3. The summed E-state index contributed by atoms with van der Waals surface area (Å²) in [6, 6.07) is 14.5. The van der Waals surface area contributed by atoms with Gasteiger partial charge in [0.25, 0.3) is 0 Å². The summed E-state index contributed by atoms with van der Waals surface area (Å²) in [6.07, 6.45) is 4.56. The van der Waals surface area contributed by atoms with Crippen molar-refractivity contribution in [3.05, 3.63) is 60.2 Å². The molecule has 0 saturated carbocycles. The molecule has 0 aromatic heterocycles. The molecule has 0 bridgehead atoms. The first-order chi connectivity index (χ1) is 15.1. The summed E-state index contributed by atoms with van der Waals surface area (Å²) >= 11 is 0. The predicted molar refractivity (Wildman–Crippen MR) is 118 cm³/mol. The highest BCUT2D eigenvalue weighted by Crippen LogP contribution is 2.28. The summed E-state index contributed by atoms with van der Waals surface area (Å²) in [7, 11) is 3.15. The van der Waals surface area contributed by atoms with Crippen molar-refractivity contribution < 1.29 is 23.8 Å². The van der Waals surface area contributed by atoms with Crippen molar-refractivity contribution in [1.82, 2.24) is 10.2 Å². The minimum Gasteiger partial charge on any atom is -0.493 e. The Balaban J connectivity index is 1.40. The molecule has 0 radical (unpaired) electrons. The number of benzene rings is 2. The molecule has 2 amide bonds. The van der Waals surface area contributed by atoms with Crippen LogP contribution < -0.4 is 19.5 Å². The molecule has 1 N–H and O–H groups in total. The number of hydrogen-bond donors (Lipinski definition) is 1. The van der Waals surface area contributed by atoms with Crippen LogP contribution in [0.15, 0.2) is 54.6 Å². The molecule has 7 heteroatoms. The van der Waals surface area contributed by atoms with Gasteiger partial charge in [-0.25, -0.2) is 4.79 Å². The van der Waals surface area contributed by atoms with E-state index in [1.165, 1.54) is 6.08 Å². The summed E-state index contributed by atoms with van der Waals surface area (Å²) in [5, 5.41) is 2.94. The molecular weight excluding hydrogens is 396 g/mol. The van der Waals surface area contributed by atoms with Gasteiger partial charge in [0.05, 0.1) is 14.2 Å². The summed E-state index contributed by atoms with van der Waals surface area (Å²) in [5.74, 6) is 1.98. The number of methoxy groups -OCH3 is 2. The third kappa shape index (κ3) is 6.50. The number of carbonyl (C=O) groups excluding carboxylic acids is 2. The van der Waals surface area contributed by atoms with Crippen molar-refractivity contribution in [1.29, 1.82) is 0 Å². The average Bonchev–Trinajstić information content (AvgIpc) is 2.82. The highest BCUT2D eigenvalue weighted by atomic mass is 16.6. The van der Waals surface area contributed by atoms with E-state index in [9.17, 15) is 9.59 Å². The van der Waals surface area contributed by atoms with Gasteiger partial charge in [-0.3, -0.25) is 4.79 Å². The zero-order valence-corrected chi connectivity index (χ0v) is 17.9. The molecule has 0 atom stereocenters. The second-order valence-corrected chi connectivity index (χ2v) is 7.30. The number of ether oxygens (including phenoxy) is 3. The first-order valence-corrected chi connectivity index (χ1v) is 10.3. The van der Waals surface area contributed by atoms with E-state index < -0.39 is 0 Å². The zero-order chi connectivity index (χ0) is 22.1. The fraction of sp³-hybridized carbons (Fsp3) is 0.333. The van der Waals surface area contributed by atoms with Gasteiger partial charge in [0.2, 0.25) is 5.91 Å². The van der Waals surface area contributed by atoms with Crippen LogP contribution in [-0.4, -0.2) is 50.8 Å². The van der Waals surface area contributed by atoms with E-state index in [4.69, 9.17) is 14.2 Å². The summed E-state index contributed by atoms with van der Waals surface area (Å²) in [4.78, 5) is 26.1. The number of rotatable bonds is 7. The second-order valence-electron chi connectivity index (χ2n) is 7.30. The molecule has 0 unspecified atom stereocenters. The fourth-order valence-electron chi connectivity index (χ4n) is 3.41. The van der Waals surface area contributed by atoms with Crippen molar-refractivity contribution in [2.75, 3.05) is 33.9 Å². The maximum Gasteiger partial charge on any atom is 0.415 e. The van der Waals surface area contributed by atoms with Gasteiger partial charge >= 0.3 is 6.09 Å². The van der Waals surface area contributed by atoms with E-state index in [0.717, 1.165) is 18.4 Å². The number of hydrogen-bond acceptors (Lipinski definition) is 5. The first-order valence-electron chi connectivity index (χ1n) is 10.3. The highest BCUT2D eigenvalue weighted by molar-refractivity contribution is 5.91. The van der Waals surface area contributed by atoms with Gasteiger partial charge in [-0.15, -0.1) is 0 Å². The van der Waals surface area contributed by atoms with Crippen LogP contribution in [0.4, 0.5) is 4.79 Å². The molecule has 164 valence electrons.